The Kier molecular flexibility index (Phi) is 8.15. The molecule has 0 unspecified atom stereocenters. The first-order valence-corrected chi connectivity index (χ1v) is 12.9. The molecule has 2 amide bonds. The van der Waals surface area contributed by atoms with Crippen molar-refractivity contribution >= 4 is 23.5 Å². The van der Waals surface area contributed by atoms with Crippen LogP contribution >= 0.6 is 0 Å². The molecular formula is C28H27N7O6. The van der Waals surface area contributed by atoms with E-state index in [1.807, 2.05) is 18.2 Å². The number of nitrogen functional groups attached to an aromatic ring is 1. The molecule has 2 aromatic carbocycles. The van der Waals surface area contributed by atoms with Gasteiger partial charge in [0.05, 0.1) is 16.8 Å². The number of piperidine rings is 1. The predicted octanol–water partition coefficient (Wildman–Crippen LogP) is 3.66. The van der Waals surface area contributed by atoms with Crippen LogP contribution in [-0.4, -0.2) is 46.0 Å². The van der Waals surface area contributed by atoms with E-state index in [1.165, 1.54) is 24.4 Å². The molecule has 0 spiro atoms. The number of nitrogens with zero attached hydrogens (tertiary/aromatic N) is 3. The summed E-state index contributed by atoms with van der Waals surface area (Å²) in [7, 11) is 0. The maximum atomic E-state index is 12.7. The van der Waals surface area contributed by atoms with E-state index in [2.05, 4.69) is 25.9 Å². The molecule has 0 bridgehead atoms. The normalized spacial score (nSPS) is 14.7. The van der Waals surface area contributed by atoms with Gasteiger partial charge >= 0.3 is 6.09 Å². The minimum Gasteiger partial charge on any atom is -0.451 e. The van der Waals surface area contributed by atoms with Crippen LogP contribution in [0.3, 0.4) is 0 Å². The summed E-state index contributed by atoms with van der Waals surface area (Å²) in [4.78, 5) is 43.9. The molecule has 1 aliphatic heterocycles. The van der Waals surface area contributed by atoms with Gasteiger partial charge in [0, 0.05) is 42.4 Å². The lowest BCUT2D eigenvalue weighted by Crippen LogP contribution is -2.46. The highest BCUT2D eigenvalue weighted by Gasteiger charge is 2.19. The van der Waals surface area contributed by atoms with Crippen molar-refractivity contribution in [2.24, 2.45) is 0 Å². The fraction of sp³-hybridized carbons (Fsp3) is 0.214. The summed E-state index contributed by atoms with van der Waals surface area (Å²) in [6.45, 7) is 1.79. The Morgan fingerprint density at radius 2 is 1.98 bits per heavy atom. The highest BCUT2D eigenvalue weighted by atomic mass is 16.6. The summed E-state index contributed by atoms with van der Waals surface area (Å²) < 4.78 is 11.0. The molecule has 0 radical (unpaired) electrons. The standard InChI is InChI=1S/C28H27N7O6/c29-25-27(41-28(37)33-20-5-2-12-30-15-20)34-22(16-31-25)19-4-1-3-17(13-19)14-32-26(36)24-11-10-23(40-24)18-6-8-21(9-7-18)35(38)39/h1,3-4,6-11,13,16,20,30H,2,5,12,14-15H2,(H2,29,31)(H,32,36)(H,33,37)/t20-/m0/s1. The lowest BCUT2D eigenvalue weighted by molar-refractivity contribution is -0.384. The van der Waals surface area contributed by atoms with Gasteiger partial charge in [0.25, 0.3) is 17.5 Å². The first-order valence-electron chi connectivity index (χ1n) is 12.9. The zero-order valence-corrected chi connectivity index (χ0v) is 21.8. The van der Waals surface area contributed by atoms with Crippen LogP contribution in [0, 0.1) is 10.1 Å². The molecule has 5 rings (SSSR count). The van der Waals surface area contributed by atoms with Crippen molar-refractivity contribution in [2.75, 3.05) is 18.8 Å². The van der Waals surface area contributed by atoms with Crippen LogP contribution in [-0.2, 0) is 6.54 Å². The van der Waals surface area contributed by atoms with E-state index >= 15 is 0 Å². The Hall–Kier alpha value is -5.30. The van der Waals surface area contributed by atoms with E-state index in [9.17, 15) is 19.7 Å². The number of hydrogen-bond donors (Lipinski definition) is 4. The number of ether oxygens (including phenoxy) is 1. The summed E-state index contributed by atoms with van der Waals surface area (Å²) in [6.07, 6.45) is 2.64. The van der Waals surface area contributed by atoms with Crippen molar-refractivity contribution in [3.8, 4) is 28.5 Å². The number of furan rings is 1. The van der Waals surface area contributed by atoms with Crippen molar-refractivity contribution in [2.45, 2.75) is 25.4 Å². The highest BCUT2D eigenvalue weighted by molar-refractivity contribution is 5.92. The predicted molar refractivity (Wildman–Crippen MR) is 149 cm³/mol. The molecule has 1 aliphatic rings. The van der Waals surface area contributed by atoms with E-state index in [1.54, 1.807) is 24.3 Å². The number of nitro groups is 1. The maximum absolute atomic E-state index is 12.7. The number of carbonyl (C=O) groups is 2. The third kappa shape index (κ3) is 6.83. The van der Waals surface area contributed by atoms with Crippen LogP contribution in [0.1, 0.15) is 29.0 Å². The molecule has 13 heteroatoms. The quantitative estimate of drug-likeness (QED) is 0.184. The van der Waals surface area contributed by atoms with Gasteiger partial charge in [0.15, 0.2) is 11.6 Å². The minimum absolute atomic E-state index is 0.0133. The van der Waals surface area contributed by atoms with Crippen molar-refractivity contribution in [3.05, 3.63) is 88.3 Å². The monoisotopic (exact) mass is 557 g/mol. The molecule has 2 aromatic heterocycles. The van der Waals surface area contributed by atoms with Crippen LogP contribution in [0.5, 0.6) is 5.88 Å². The van der Waals surface area contributed by atoms with Gasteiger partial charge in [-0.1, -0.05) is 18.2 Å². The number of nitrogens with two attached hydrogens (primary N) is 1. The summed E-state index contributed by atoms with van der Waals surface area (Å²) in [5.74, 6) is -0.0190. The number of amides is 2. The topological polar surface area (TPSA) is 188 Å². The molecule has 41 heavy (non-hydrogen) atoms. The molecule has 13 nitrogen and oxygen atoms in total. The third-order valence-electron chi connectivity index (χ3n) is 6.44. The average Bonchev–Trinajstić information content (AvgIpc) is 3.48. The second-order valence-electron chi connectivity index (χ2n) is 9.37. The number of nitro benzene ring substituents is 1. The number of rotatable bonds is 8. The van der Waals surface area contributed by atoms with Gasteiger partial charge in [-0.2, -0.15) is 0 Å². The van der Waals surface area contributed by atoms with Crippen LogP contribution in [0.2, 0.25) is 0 Å². The van der Waals surface area contributed by atoms with Gasteiger partial charge in [-0.05, 0) is 55.3 Å². The molecule has 1 fully saturated rings. The minimum atomic E-state index is -0.650. The van der Waals surface area contributed by atoms with E-state index in [4.69, 9.17) is 14.9 Å². The molecule has 4 aromatic rings. The molecule has 3 heterocycles. The number of anilines is 1. The number of hydrogen-bond acceptors (Lipinski definition) is 10. The number of aromatic nitrogens is 2. The van der Waals surface area contributed by atoms with Crippen LogP contribution in [0.4, 0.5) is 16.3 Å². The Bertz CT molecular complexity index is 1560. The first-order chi connectivity index (χ1) is 19.9. The smallest absolute Gasteiger partial charge is 0.414 e. The average molecular weight is 558 g/mol. The molecule has 1 saturated heterocycles. The largest absolute Gasteiger partial charge is 0.451 e. The zero-order chi connectivity index (χ0) is 28.8. The number of carbonyl (C=O) groups excluding carboxylic acids is 2. The van der Waals surface area contributed by atoms with Gasteiger partial charge in [-0.25, -0.2) is 14.8 Å². The van der Waals surface area contributed by atoms with Crippen molar-refractivity contribution < 1.29 is 23.7 Å². The van der Waals surface area contributed by atoms with Gasteiger partial charge in [-0.15, -0.1) is 0 Å². The zero-order valence-electron chi connectivity index (χ0n) is 21.8. The fourth-order valence-electron chi connectivity index (χ4n) is 4.33. The van der Waals surface area contributed by atoms with Crippen LogP contribution in [0.15, 0.2) is 71.3 Å². The summed E-state index contributed by atoms with van der Waals surface area (Å²) in [5.41, 5.74) is 8.38. The van der Waals surface area contributed by atoms with E-state index < -0.39 is 16.9 Å². The van der Waals surface area contributed by atoms with Gasteiger partial charge in [0.1, 0.15) is 5.76 Å². The SMILES string of the molecule is Nc1ncc(-c2cccc(CNC(=O)c3ccc(-c4ccc([N+](=O)[O-])cc4)o3)c2)nc1OC(=O)N[C@H]1CCCNC1. The third-order valence-corrected chi connectivity index (χ3v) is 6.44. The molecular weight excluding hydrogens is 530 g/mol. The summed E-state index contributed by atoms with van der Waals surface area (Å²) in [5, 5.41) is 19.7. The lowest BCUT2D eigenvalue weighted by Gasteiger charge is -2.23. The number of non-ortho nitro benzene ring substituents is 1. The Morgan fingerprint density at radius 1 is 1.15 bits per heavy atom. The maximum Gasteiger partial charge on any atom is 0.414 e. The van der Waals surface area contributed by atoms with Gasteiger partial charge in [0.2, 0.25) is 0 Å². The number of benzene rings is 2. The number of nitrogens with one attached hydrogen (secondary N) is 3. The van der Waals surface area contributed by atoms with Crippen molar-refractivity contribution in [1.82, 2.24) is 25.9 Å². The van der Waals surface area contributed by atoms with E-state index in [0.717, 1.165) is 24.9 Å². The summed E-state index contributed by atoms with van der Waals surface area (Å²) in [6, 6.07) is 16.3. The second-order valence-corrected chi connectivity index (χ2v) is 9.37. The molecule has 1 atom stereocenters. The molecule has 0 saturated carbocycles. The summed E-state index contributed by atoms with van der Waals surface area (Å²) >= 11 is 0. The Balaban J connectivity index is 1.21. The van der Waals surface area contributed by atoms with Crippen molar-refractivity contribution in [3.63, 3.8) is 0 Å². The van der Waals surface area contributed by atoms with Crippen LogP contribution < -0.4 is 26.4 Å². The van der Waals surface area contributed by atoms with E-state index in [0.29, 0.717) is 29.1 Å². The van der Waals surface area contributed by atoms with Crippen LogP contribution in [0.25, 0.3) is 22.6 Å². The molecule has 210 valence electrons. The molecule has 5 N–H and O–H groups in total. The van der Waals surface area contributed by atoms with Crippen molar-refractivity contribution in [1.29, 1.82) is 0 Å². The van der Waals surface area contributed by atoms with Gasteiger partial charge in [-0.3, -0.25) is 14.9 Å². The van der Waals surface area contributed by atoms with E-state index in [-0.39, 0.29) is 35.7 Å². The highest BCUT2D eigenvalue weighted by Crippen LogP contribution is 2.26. The molecule has 0 aliphatic carbocycles. The lowest BCUT2D eigenvalue weighted by atomic mass is 10.1. The Morgan fingerprint density at radius 3 is 2.73 bits per heavy atom. The second kappa shape index (κ2) is 12.3. The Labute approximate surface area is 234 Å². The fourth-order valence-corrected chi connectivity index (χ4v) is 4.33. The van der Waals surface area contributed by atoms with Gasteiger partial charge < -0.3 is 30.8 Å². The first kappa shape index (κ1) is 27.3.